The zero-order valence-corrected chi connectivity index (χ0v) is 21.6. The van der Waals surface area contributed by atoms with E-state index < -0.39 is 5.91 Å². The van der Waals surface area contributed by atoms with Crippen LogP contribution in [0.25, 0.3) is 6.08 Å². The first-order valence-electron chi connectivity index (χ1n) is 11.9. The molecule has 188 valence electrons. The van der Waals surface area contributed by atoms with Gasteiger partial charge in [-0.3, -0.25) is 9.59 Å². The van der Waals surface area contributed by atoms with Crippen LogP contribution < -0.4 is 25.0 Å². The fraction of sp³-hybridized carbons (Fsp3) is 0.286. The van der Waals surface area contributed by atoms with Crippen molar-refractivity contribution < 1.29 is 19.1 Å². The Kier molecular flexibility index (Phi) is 8.28. The lowest BCUT2D eigenvalue weighted by Crippen LogP contribution is -2.37. The average molecular weight is 506 g/mol. The van der Waals surface area contributed by atoms with Gasteiger partial charge in [-0.1, -0.05) is 24.3 Å². The lowest BCUT2D eigenvalue weighted by Gasteiger charge is -2.25. The molecule has 0 spiro atoms. The summed E-state index contributed by atoms with van der Waals surface area (Å²) in [7, 11) is 3.05. The van der Waals surface area contributed by atoms with Crippen LogP contribution in [-0.2, 0) is 11.2 Å². The van der Waals surface area contributed by atoms with Crippen LogP contribution in [0, 0.1) is 0 Å². The lowest BCUT2D eigenvalue weighted by molar-refractivity contribution is -0.117. The molecule has 0 saturated heterocycles. The monoisotopic (exact) mass is 505 g/mol. The van der Waals surface area contributed by atoms with Crippen LogP contribution in [0.5, 0.6) is 11.5 Å². The largest absolute Gasteiger partial charge is 0.493 e. The fourth-order valence-corrected chi connectivity index (χ4v) is 5.02. The van der Waals surface area contributed by atoms with Gasteiger partial charge in [-0.25, -0.2) is 0 Å². The first-order valence-corrected chi connectivity index (χ1v) is 12.8. The number of ether oxygens (including phenoxy) is 2. The van der Waals surface area contributed by atoms with Crippen molar-refractivity contribution in [2.45, 2.75) is 25.8 Å². The summed E-state index contributed by atoms with van der Waals surface area (Å²) >= 11 is 1.49. The third kappa shape index (κ3) is 5.88. The van der Waals surface area contributed by atoms with E-state index in [-0.39, 0.29) is 11.6 Å². The number of nitrogens with one attached hydrogen (secondary N) is 2. The van der Waals surface area contributed by atoms with Crippen molar-refractivity contribution in [1.29, 1.82) is 0 Å². The number of hydrogen-bond acceptors (Lipinski definition) is 6. The molecule has 0 unspecified atom stereocenters. The molecule has 2 amide bonds. The molecular formula is C28H31N3O4S. The zero-order valence-electron chi connectivity index (χ0n) is 20.7. The molecule has 36 heavy (non-hydrogen) atoms. The van der Waals surface area contributed by atoms with Gasteiger partial charge < -0.3 is 25.0 Å². The number of carbonyl (C=O) groups is 2. The molecule has 0 bridgehead atoms. The highest BCUT2D eigenvalue weighted by Crippen LogP contribution is 2.31. The van der Waals surface area contributed by atoms with Gasteiger partial charge in [0.1, 0.15) is 5.70 Å². The Morgan fingerprint density at radius 3 is 2.64 bits per heavy atom. The third-order valence-electron chi connectivity index (χ3n) is 6.18. The van der Waals surface area contributed by atoms with E-state index in [9.17, 15) is 9.59 Å². The van der Waals surface area contributed by atoms with Gasteiger partial charge in [0.2, 0.25) is 0 Å². The molecule has 0 radical (unpaired) electrons. The second-order valence-electron chi connectivity index (χ2n) is 8.58. The number of benzene rings is 2. The van der Waals surface area contributed by atoms with Gasteiger partial charge in [-0.2, -0.15) is 0 Å². The maximum absolute atomic E-state index is 13.1. The third-order valence-corrected chi connectivity index (χ3v) is 7.00. The molecule has 4 rings (SSSR count). The van der Waals surface area contributed by atoms with E-state index in [4.69, 9.17) is 9.47 Å². The molecule has 0 aliphatic carbocycles. The van der Waals surface area contributed by atoms with E-state index >= 15 is 0 Å². The van der Waals surface area contributed by atoms with E-state index in [0.717, 1.165) is 24.3 Å². The minimum Gasteiger partial charge on any atom is -0.493 e. The summed E-state index contributed by atoms with van der Waals surface area (Å²) in [6.07, 6.45) is 3.52. The van der Waals surface area contributed by atoms with Gasteiger partial charge >= 0.3 is 0 Å². The lowest BCUT2D eigenvalue weighted by atomic mass is 10.1. The molecule has 1 atom stereocenters. The van der Waals surface area contributed by atoms with Crippen LogP contribution in [0.1, 0.15) is 34.1 Å². The number of amides is 2. The SMILES string of the molecule is COc1ccc(C(=O)N/C(=C\c2cccs2)C(=O)NCCCN2c3ccccc3C[C@@H]2C)cc1OC. The topological polar surface area (TPSA) is 79.9 Å². The standard InChI is InChI=1S/C28H31N3O4S/c1-19-16-20-8-4-5-10-24(20)31(19)14-7-13-29-28(33)23(18-22-9-6-15-36-22)30-27(32)21-11-12-25(34-2)26(17-21)35-3/h4-6,8-12,15,17-19H,7,13-14,16H2,1-3H3,(H,29,33)(H,30,32)/b23-18-/t19-/m0/s1. The number of anilines is 1. The Morgan fingerprint density at radius 2 is 1.89 bits per heavy atom. The summed E-state index contributed by atoms with van der Waals surface area (Å²) in [4.78, 5) is 29.3. The number of thiophene rings is 1. The molecule has 2 heterocycles. The van der Waals surface area contributed by atoms with Gasteiger partial charge in [0.25, 0.3) is 11.8 Å². The Balaban J connectivity index is 1.39. The molecule has 1 aliphatic rings. The van der Waals surface area contributed by atoms with Crippen molar-refractivity contribution in [2.24, 2.45) is 0 Å². The van der Waals surface area contributed by atoms with E-state index in [1.54, 1.807) is 24.3 Å². The maximum atomic E-state index is 13.1. The quantitative estimate of drug-likeness (QED) is 0.313. The van der Waals surface area contributed by atoms with Crippen LogP contribution in [0.4, 0.5) is 5.69 Å². The average Bonchev–Trinajstić information content (AvgIpc) is 3.52. The molecule has 8 heteroatoms. The predicted molar refractivity (Wildman–Crippen MR) is 144 cm³/mol. The molecule has 2 aromatic carbocycles. The number of nitrogens with zero attached hydrogens (tertiary/aromatic N) is 1. The second kappa shape index (κ2) is 11.8. The van der Waals surface area contributed by atoms with Gasteiger partial charge in [-0.15, -0.1) is 11.3 Å². The highest BCUT2D eigenvalue weighted by atomic mass is 32.1. The number of carbonyl (C=O) groups excluding carboxylic acids is 2. The summed E-state index contributed by atoms with van der Waals surface area (Å²) in [5, 5.41) is 7.66. The summed E-state index contributed by atoms with van der Waals surface area (Å²) in [6.45, 7) is 3.57. The van der Waals surface area contributed by atoms with E-state index in [1.165, 1.54) is 36.8 Å². The molecule has 7 nitrogen and oxygen atoms in total. The predicted octanol–water partition coefficient (Wildman–Crippen LogP) is 4.49. The van der Waals surface area contributed by atoms with Gasteiger partial charge in [0, 0.05) is 35.3 Å². The van der Waals surface area contributed by atoms with Crippen molar-refractivity contribution in [1.82, 2.24) is 10.6 Å². The van der Waals surface area contributed by atoms with E-state index in [2.05, 4.69) is 46.7 Å². The minimum absolute atomic E-state index is 0.192. The normalized spacial score (nSPS) is 14.8. The minimum atomic E-state index is -0.406. The molecule has 1 aliphatic heterocycles. The maximum Gasteiger partial charge on any atom is 0.267 e. The number of rotatable bonds is 10. The Morgan fingerprint density at radius 1 is 1.08 bits per heavy atom. The molecular weight excluding hydrogens is 474 g/mol. The Labute approximate surface area is 215 Å². The van der Waals surface area contributed by atoms with Crippen LogP contribution in [0.15, 0.2) is 65.7 Å². The Bertz CT molecular complexity index is 1240. The number of hydrogen-bond donors (Lipinski definition) is 2. The van der Waals surface area contributed by atoms with Crippen molar-refractivity contribution >= 4 is 34.9 Å². The zero-order chi connectivity index (χ0) is 25.5. The van der Waals surface area contributed by atoms with Gasteiger partial charge in [0.15, 0.2) is 11.5 Å². The van der Waals surface area contributed by atoms with Crippen LogP contribution >= 0.6 is 11.3 Å². The summed E-state index contributed by atoms with van der Waals surface area (Å²) < 4.78 is 10.5. The smallest absolute Gasteiger partial charge is 0.267 e. The first-order chi connectivity index (χ1) is 17.5. The number of methoxy groups -OCH3 is 2. The summed E-state index contributed by atoms with van der Waals surface area (Å²) in [6, 6.07) is 17.6. The van der Waals surface area contributed by atoms with Gasteiger partial charge in [-0.05, 0) is 67.1 Å². The van der Waals surface area contributed by atoms with Crippen molar-refractivity contribution in [3.8, 4) is 11.5 Å². The fourth-order valence-electron chi connectivity index (χ4n) is 4.36. The van der Waals surface area contributed by atoms with Crippen LogP contribution in [-0.4, -0.2) is 45.2 Å². The van der Waals surface area contributed by atoms with Crippen molar-refractivity contribution in [3.05, 3.63) is 81.7 Å². The van der Waals surface area contributed by atoms with Crippen molar-refractivity contribution in [3.63, 3.8) is 0 Å². The number of para-hydroxylation sites is 1. The number of fused-ring (bicyclic) bond motifs is 1. The molecule has 3 aromatic rings. The molecule has 0 fully saturated rings. The molecule has 2 N–H and O–H groups in total. The van der Waals surface area contributed by atoms with Crippen LogP contribution in [0.2, 0.25) is 0 Å². The van der Waals surface area contributed by atoms with Crippen LogP contribution in [0.3, 0.4) is 0 Å². The van der Waals surface area contributed by atoms with E-state index in [1.807, 2.05) is 17.5 Å². The first kappa shape index (κ1) is 25.3. The summed E-state index contributed by atoms with van der Waals surface area (Å²) in [5.74, 6) is 0.232. The highest BCUT2D eigenvalue weighted by molar-refractivity contribution is 7.10. The molecule has 0 saturated carbocycles. The highest BCUT2D eigenvalue weighted by Gasteiger charge is 2.25. The van der Waals surface area contributed by atoms with Gasteiger partial charge in [0.05, 0.1) is 14.2 Å². The second-order valence-corrected chi connectivity index (χ2v) is 9.56. The summed E-state index contributed by atoms with van der Waals surface area (Å²) in [5.41, 5.74) is 3.20. The Hall–Kier alpha value is -3.78. The van der Waals surface area contributed by atoms with E-state index in [0.29, 0.717) is 29.6 Å². The van der Waals surface area contributed by atoms with Crippen molar-refractivity contribution in [2.75, 3.05) is 32.2 Å². The molecule has 1 aromatic heterocycles.